The lowest BCUT2D eigenvalue weighted by molar-refractivity contribution is 0.452. The first-order valence-corrected chi connectivity index (χ1v) is 5.30. The Morgan fingerprint density at radius 3 is 2.77 bits per heavy atom. The molecule has 0 fully saturated rings. The summed E-state index contributed by atoms with van der Waals surface area (Å²) in [6, 6.07) is 0.235. The summed E-state index contributed by atoms with van der Waals surface area (Å²) in [5.41, 5.74) is 6.61. The Morgan fingerprint density at radius 2 is 2.31 bits per heavy atom. The number of hydrogen-bond donors (Lipinski definition) is 1. The molecule has 3 nitrogen and oxygen atoms in total. The third-order valence-electron chi connectivity index (χ3n) is 1.60. The van der Waals surface area contributed by atoms with E-state index in [2.05, 4.69) is 11.9 Å². The van der Waals surface area contributed by atoms with Crippen LogP contribution in [0.4, 0.5) is 0 Å². The average Bonchev–Trinajstić information content (AvgIpc) is 2.33. The second-order valence-electron chi connectivity index (χ2n) is 3.40. The van der Waals surface area contributed by atoms with Crippen molar-refractivity contribution < 1.29 is 4.42 Å². The van der Waals surface area contributed by atoms with Crippen LogP contribution in [0.3, 0.4) is 0 Å². The fraction of sp³-hybridized carbons (Fsp3) is 0.667. The molecule has 0 amide bonds. The number of oxazole rings is 1. The molecular formula is C9H16N2OS. The van der Waals surface area contributed by atoms with E-state index < -0.39 is 0 Å². The number of aromatic nitrogens is 1. The van der Waals surface area contributed by atoms with Gasteiger partial charge in [0.15, 0.2) is 0 Å². The Morgan fingerprint density at radius 1 is 1.62 bits per heavy atom. The van der Waals surface area contributed by atoms with Crippen molar-refractivity contribution in [3.05, 3.63) is 12.0 Å². The molecule has 1 rings (SSSR count). The van der Waals surface area contributed by atoms with Gasteiger partial charge in [-0.05, 0) is 20.3 Å². The molecule has 4 heteroatoms. The smallest absolute Gasteiger partial charge is 0.256 e. The van der Waals surface area contributed by atoms with Crippen molar-refractivity contribution >= 4 is 11.8 Å². The highest BCUT2D eigenvalue weighted by Gasteiger charge is 2.10. The maximum atomic E-state index is 5.69. The first kappa shape index (κ1) is 10.6. The van der Waals surface area contributed by atoms with Gasteiger partial charge in [0.05, 0.1) is 5.69 Å². The summed E-state index contributed by atoms with van der Waals surface area (Å²) in [4.78, 5) is 4.21. The molecule has 0 bridgehead atoms. The van der Waals surface area contributed by atoms with Gasteiger partial charge in [0.2, 0.25) is 0 Å². The predicted octanol–water partition coefficient (Wildman–Crippen LogP) is 2.20. The Hall–Kier alpha value is -0.480. The molecule has 0 saturated heterocycles. The van der Waals surface area contributed by atoms with E-state index in [1.165, 1.54) is 0 Å². The van der Waals surface area contributed by atoms with Crippen LogP contribution in [0.5, 0.6) is 0 Å². The van der Waals surface area contributed by atoms with Gasteiger partial charge in [0.1, 0.15) is 6.26 Å². The first-order chi connectivity index (χ1) is 6.08. The molecule has 74 valence electrons. The second kappa shape index (κ2) is 4.67. The van der Waals surface area contributed by atoms with Crippen LogP contribution in [-0.4, -0.2) is 16.3 Å². The standard InChI is InChI=1S/C9H16N2OS/c1-6(10)4-8(3)13-9-11-7(2)5-12-9/h5-6,8H,4,10H2,1-3H3. The Labute approximate surface area is 83.1 Å². The Bertz CT molecular complexity index is 260. The summed E-state index contributed by atoms with van der Waals surface area (Å²) in [5.74, 6) is 0. The largest absolute Gasteiger partial charge is 0.440 e. The van der Waals surface area contributed by atoms with Crippen LogP contribution in [0.25, 0.3) is 0 Å². The van der Waals surface area contributed by atoms with Crippen LogP contribution in [0.15, 0.2) is 15.9 Å². The van der Waals surface area contributed by atoms with Gasteiger partial charge in [-0.1, -0.05) is 18.7 Å². The van der Waals surface area contributed by atoms with Gasteiger partial charge in [-0.2, -0.15) is 0 Å². The summed E-state index contributed by atoms with van der Waals surface area (Å²) in [7, 11) is 0. The molecule has 0 saturated carbocycles. The van der Waals surface area contributed by atoms with Crippen molar-refractivity contribution in [2.45, 2.75) is 43.7 Å². The summed E-state index contributed by atoms with van der Waals surface area (Å²) in [5, 5.41) is 1.20. The Balaban J connectivity index is 2.40. The molecule has 13 heavy (non-hydrogen) atoms. The van der Waals surface area contributed by atoms with E-state index in [0.29, 0.717) is 5.25 Å². The van der Waals surface area contributed by atoms with Crippen molar-refractivity contribution in [3.8, 4) is 0 Å². The minimum Gasteiger partial charge on any atom is -0.440 e. The lowest BCUT2D eigenvalue weighted by Crippen LogP contribution is -2.19. The third kappa shape index (κ3) is 3.83. The topological polar surface area (TPSA) is 52.0 Å². The van der Waals surface area contributed by atoms with Crippen LogP contribution in [0.2, 0.25) is 0 Å². The van der Waals surface area contributed by atoms with Crippen molar-refractivity contribution in [2.75, 3.05) is 0 Å². The van der Waals surface area contributed by atoms with Gasteiger partial charge < -0.3 is 10.2 Å². The van der Waals surface area contributed by atoms with Gasteiger partial charge >= 0.3 is 0 Å². The van der Waals surface area contributed by atoms with Gasteiger partial charge in [0, 0.05) is 11.3 Å². The van der Waals surface area contributed by atoms with Crippen molar-refractivity contribution in [1.29, 1.82) is 0 Å². The van der Waals surface area contributed by atoms with Gasteiger partial charge in [-0.15, -0.1) is 0 Å². The lowest BCUT2D eigenvalue weighted by atomic mass is 10.2. The van der Waals surface area contributed by atoms with E-state index in [9.17, 15) is 0 Å². The summed E-state index contributed by atoms with van der Waals surface area (Å²) in [6.07, 6.45) is 2.65. The van der Waals surface area contributed by atoms with Crippen LogP contribution in [0, 0.1) is 6.92 Å². The zero-order valence-corrected chi connectivity index (χ0v) is 9.10. The van der Waals surface area contributed by atoms with Crippen molar-refractivity contribution in [2.24, 2.45) is 5.73 Å². The number of thioether (sulfide) groups is 1. The molecule has 0 spiro atoms. The number of rotatable bonds is 4. The van der Waals surface area contributed by atoms with Crippen LogP contribution >= 0.6 is 11.8 Å². The molecule has 0 aromatic carbocycles. The monoisotopic (exact) mass is 200 g/mol. The maximum absolute atomic E-state index is 5.69. The highest BCUT2D eigenvalue weighted by atomic mass is 32.2. The highest BCUT2D eigenvalue weighted by molar-refractivity contribution is 7.99. The zero-order valence-electron chi connectivity index (χ0n) is 8.28. The fourth-order valence-electron chi connectivity index (χ4n) is 1.13. The minimum absolute atomic E-state index is 0.235. The number of hydrogen-bond acceptors (Lipinski definition) is 4. The maximum Gasteiger partial charge on any atom is 0.256 e. The normalized spacial score (nSPS) is 15.7. The third-order valence-corrected chi connectivity index (χ3v) is 2.59. The number of nitrogens with two attached hydrogens (primary N) is 1. The van der Waals surface area contributed by atoms with Gasteiger partial charge in [0.25, 0.3) is 5.22 Å². The fourth-order valence-corrected chi connectivity index (χ4v) is 2.17. The molecular weight excluding hydrogens is 184 g/mol. The molecule has 2 unspecified atom stereocenters. The summed E-state index contributed by atoms with van der Waals surface area (Å²) >= 11 is 1.63. The van der Waals surface area contributed by atoms with E-state index >= 15 is 0 Å². The van der Waals surface area contributed by atoms with Crippen LogP contribution in [-0.2, 0) is 0 Å². The Kier molecular flexibility index (Phi) is 3.81. The van der Waals surface area contributed by atoms with E-state index in [1.54, 1.807) is 18.0 Å². The summed E-state index contributed by atoms with van der Waals surface area (Å²) in [6.45, 7) is 6.06. The molecule has 0 aliphatic rings. The molecule has 1 heterocycles. The zero-order chi connectivity index (χ0) is 9.84. The molecule has 0 aliphatic heterocycles. The molecule has 0 radical (unpaired) electrons. The quantitative estimate of drug-likeness (QED) is 0.757. The van der Waals surface area contributed by atoms with E-state index in [-0.39, 0.29) is 6.04 Å². The minimum atomic E-state index is 0.235. The highest BCUT2D eigenvalue weighted by Crippen LogP contribution is 2.24. The van der Waals surface area contributed by atoms with Crippen molar-refractivity contribution in [3.63, 3.8) is 0 Å². The molecule has 2 atom stereocenters. The van der Waals surface area contributed by atoms with Crippen molar-refractivity contribution in [1.82, 2.24) is 4.98 Å². The summed E-state index contributed by atoms with van der Waals surface area (Å²) < 4.78 is 5.23. The van der Waals surface area contributed by atoms with E-state index in [0.717, 1.165) is 17.3 Å². The predicted molar refractivity (Wildman–Crippen MR) is 54.8 cm³/mol. The molecule has 1 aromatic rings. The van der Waals surface area contributed by atoms with Crippen LogP contribution in [0.1, 0.15) is 26.0 Å². The van der Waals surface area contributed by atoms with Gasteiger partial charge in [-0.3, -0.25) is 0 Å². The van der Waals surface area contributed by atoms with E-state index in [4.69, 9.17) is 10.2 Å². The lowest BCUT2D eigenvalue weighted by Gasteiger charge is -2.10. The van der Waals surface area contributed by atoms with Gasteiger partial charge in [-0.25, -0.2) is 4.98 Å². The first-order valence-electron chi connectivity index (χ1n) is 4.42. The molecule has 1 aromatic heterocycles. The molecule has 2 N–H and O–H groups in total. The van der Waals surface area contributed by atoms with E-state index in [1.807, 2.05) is 13.8 Å². The molecule has 0 aliphatic carbocycles. The SMILES string of the molecule is Cc1coc(SC(C)CC(C)N)n1. The second-order valence-corrected chi connectivity index (χ2v) is 4.79. The number of nitrogens with zero attached hydrogens (tertiary/aromatic N) is 1. The average molecular weight is 200 g/mol. The number of aryl methyl sites for hydroxylation is 1. The van der Waals surface area contributed by atoms with Crippen LogP contribution < -0.4 is 5.73 Å².